The van der Waals surface area contributed by atoms with Gasteiger partial charge in [-0.1, -0.05) is 47.5 Å². The Morgan fingerprint density at radius 3 is 1.89 bits per heavy atom. The van der Waals surface area contributed by atoms with Crippen molar-refractivity contribution in [1.29, 1.82) is 0 Å². The van der Waals surface area contributed by atoms with Crippen molar-refractivity contribution in [2.24, 2.45) is 0 Å². The van der Waals surface area contributed by atoms with Crippen LogP contribution in [-0.4, -0.2) is 55.0 Å². The average Bonchev–Trinajstić information content (AvgIpc) is 2.87. The first-order valence-electron chi connectivity index (χ1n) is 11.8. The van der Waals surface area contributed by atoms with Gasteiger partial charge in [0.1, 0.15) is 17.3 Å². The number of carbonyl (C=O) groups excluding carboxylic acids is 2. The number of Topliss-reactive ketones (excluding diaryl/α,β-unsaturated/α-hetero) is 1. The second-order valence-electron chi connectivity index (χ2n) is 8.84. The van der Waals surface area contributed by atoms with Crippen LogP contribution in [0.3, 0.4) is 0 Å². The number of phenolic OH excluding ortho intramolecular Hbond substituents is 1. The molecule has 36 heavy (non-hydrogen) atoms. The molecule has 0 atom stereocenters. The van der Waals surface area contributed by atoms with Gasteiger partial charge in [-0.15, -0.1) is 0 Å². The number of piperazine rings is 1. The number of carbonyl (C=O) groups is 2. The van der Waals surface area contributed by atoms with E-state index >= 15 is 0 Å². The molecule has 188 valence electrons. The fourth-order valence-corrected chi connectivity index (χ4v) is 4.93. The number of amides is 1. The van der Waals surface area contributed by atoms with Crippen LogP contribution in [0.2, 0.25) is 10.0 Å². The zero-order chi connectivity index (χ0) is 25.7. The topological polar surface area (TPSA) is 70.1 Å². The lowest BCUT2D eigenvalue weighted by Crippen LogP contribution is -2.49. The van der Waals surface area contributed by atoms with Crippen molar-refractivity contribution in [2.45, 2.75) is 19.3 Å². The molecule has 0 bridgehead atoms. The maximum absolute atomic E-state index is 12.8. The Morgan fingerprint density at radius 1 is 0.833 bits per heavy atom. The molecule has 3 aromatic rings. The summed E-state index contributed by atoms with van der Waals surface area (Å²) in [4.78, 5) is 29.3. The predicted octanol–water partition coefficient (Wildman–Crippen LogP) is 4.95. The highest BCUT2D eigenvalue weighted by Gasteiger charge is 2.23. The third kappa shape index (κ3) is 6.50. The first kappa shape index (κ1) is 25.9. The fourth-order valence-electron chi connectivity index (χ4n) is 4.32. The van der Waals surface area contributed by atoms with Crippen LogP contribution in [0.15, 0.2) is 60.7 Å². The molecule has 0 radical (unpaired) electrons. The number of benzene rings is 3. The summed E-state index contributed by atoms with van der Waals surface area (Å²) in [6.45, 7) is 2.60. The molecule has 0 unspecified atom stereocenters. The number of ketones is 1. The summed E-state index contributed by atoms with van der Waals surface area (Å²) in [7, 11) is 1.62. The summed E-state index contributed by atoms with van der Waals surface area (Å²) >= 11 is 12.3. The van der Waals surface area contributed by atoms with Crippen LogP contribution in [0.25, 0.3) is 0 Å². The van der Waals surface area contributed by atoms with E-state index < -0.39 is 0 Å². The lowest BCUT2D eigenvalue weighted by Gasteiger charge is -2.36. The Morgan fingerprint density at radius 2 is 1.36 bits per heavy atom. The van der Waals surface area contributed by atoms with Gasteiger partial charge in [0.25, 0.3) is 0 Å². The molecular formula is C28H28Cl2N2O4. The molecule has 1 N–H and O–H groups in total. The molecule has 1 fully saturated rings. The Balaban J connectivity index is 1.27. The number of rotatable bonds is 8. The Labute approximate surface area is 221 Å². The van der Waals surface area contributed by atoms with Crippen LogP contribution in [0.5, 0.6) is 11.5 Å². The van der Waals surface area contributed by atoms with Crippen molar-refractivity contribution in [3.63, 3.8) is 0 Å². The van der Waals surface area contributed by atoms with Gasteiger partial charge in [0, 0.05) is 54.8 Å². The largest absolute Gasteiger partial charge is 0.508 e. The van der Waals surface area contributed by atoms with Crippen LogP contribution in [0, 0.1) is 0 Å². The van der Waals surface area contributed by atoms with Gasteiger partial charge in [0.15, 0.2) is 0 Å². The van der Waals surface area contributed by atoms with E-state index in [0.717, 1.165) is 22.6 Å². The zero-order valence-corrected chi connectivity index (χ0v) is 21.6. The number of hydrogen-bond donors (Lipinski definition) is 1. The van der Waals surface area contributed by atoms with Crippen molar-refractivity contribution in [1.82, 2.24) is 4.90 Å². The summed E-state index contributed by atoms with van der Waals surface area (Å²) in [5, 5.41) is 10.2. The molecule has 3 aromatic carbocycles. The maximum atomic E-state index is 12.8. The fraction of sp³-hybridized carbons (Fsp3) is 0.286. The van der Waals surface area contributed by atoms with E-state index in [1.165, 1.54) is 12.1 Å². The van der Waals surface area contributed by atoms with Gasteiger partial charge in [-0.2, -0.15) is 0 Å². The van der Waals surface area contributed by atoms with Crippen LogP contribution in [0.4, 0.5) is 5.69 Å². The van der Waals surface area contributed by atoms with E-state index in [4.69, 9.17) is 27.9 Å². The molecule has 1 saturated heterocycles. The summed E-state index contributed by atoms with van der Waals surface area (Å²) in [6, 6.07) is 18.4. The van der Waals surface area contributed by atoms with Gasteiger partial charge in [-0.3, -0.25) is 9.59 Å². The number of methoxy groups -OCH3 is 1. The second-order valence-corrected chi connectivity index (χ2v) is 9.65. The van der Waals surface area contributed by atoms with E-state index in [1.807, 2.05) is 53.4 Å². The monoisotopic (exact) mass is 526 g/mol. The first-order chi connectivity index (χ1) is 17.3. The lowest BCUT2D eigenvalue weighted by molar-refractivity contribution is -0.130. The van der Waals surface area contributed by atoms with Crippen molar-refractivity contribution in [3.05, 3.63) is 87.4 Å². The molecule has 1 aliphatic heterocycles. The number of nitrogens with zero attached hydrogens (tertiary/aromatic N) is 2. The molecule has 4 rings (SSSR count). The molecule has 1 amide bonds. The summed E-state index contributed by atoms with van der Waals surface area (Å²) < 4.78 is 5.16. The summed E-state index contributed by atoms with van der Waals surface area (Å²) in [5.74, 6) is 0.865. The highest BCUT2D eigenvalue weighted by molar-refractivity contribution is 6.36. The molecule has 0 saturated carbocycles. The molecule has 6 nitrogen and oxygen atoms in total. The highest BCUT2D eigenvalue weighted by Crippen LogP contribution is 2.30. The Hall–Kier alpha value is -3.22. The minimum absolute atomic E-state index is 0.0255. The van der Waals surface area contributed by atoms with E-state index in [-0.39, 0.29) is 33.9 Å². The van der Waals surface area contributed by atoms with Crippen molar-refractivity contribution in [3.8, 4) is 11.5 Å². The lowest BCUT2D eigenvalue weighted by atomic mass is 10.0. The minimum Gasteiger partial charge on any atom is -0.508 e. The van der Waals surface area contributed by atoms with Gasteiger partial charge in [0.05, 0.1) is 13.5 Å². The number of phenols is 1. The van der Waals surface area contributed by atoms with Gasteiger partial charge < -0.3 is 19.6 Å². The standard InChI is InChI=1S/C28H28Cl2N2O4/c1-36-24-8-4-20(5-9-24)15-22(33)14-19-2-6-21(7-3-19)31-10-12-32(13-11-31)28(35)18-25-26(29)16-23(34)17-27(25)30/h2-9,16-17,34H,10-15,18H2,1H3. The zero-order valence-electron chi connectivity index (χ0n) is 20.0. The Kier molecular flexibility index (Phi) is 8.39. The highest BCUT2D eigenvalue weighted by atomic mass is 35.5. The molecule has 0 spiro atoms. The third-order valence-corrected chi connectivity index (χ3v) is 7.02. The number of halogens is 2. The van der Waals surface area contributed by atoms with Crippen molar-refractivity contribution < 1.29 is 19.4 Å². The summed E-state index contributed by atoms with van der Waals surface area (Å²) in [5.41, 5.74) is 3.55. The van der Waals surface area contributed by atoms with Crippen LogP contribution >= 0.6 is 23.2 Å². The summed E-state index contributed by atoms with van der Waals surface area (Å²) in [6.07, 6.45) is 0.871. The van der Waals surface area contributed by atoms with Crippen molar-refractivity contribution >= 4 is 40.6 Å². The van der Waals surface area contributed by atoms with E-state index in [1.54, 1.807) is 7.11 Å². The predicted molar refractivity (Wildman–Crippen MR) is 142 cm³/mol. The molecule has 0 aromatic heterocycles. The second kappa shape index (κ2) is 11.7. The van der Waals surface area contributed by atoms with Crippen LogP contribution in [0.1, 0.15) is 16.7 Å². The third-order valence-electron chi connectivity index (χ3n) is 6.35. The molecule has 1 aliphatic rings. The van der Waals surface area contributed by atoms with Crippen LogP contribution in [-0.2, 0) is 28.9 Å². The number of aromatic hydroxyl groups is 1. The van der Waals surface area contributed by atoms with Gasteiger partial charge in [-0.25, -0.2) is 0 Å². The van der Waals surface area contributed by atoms with Gasteiger partial charge in [0.2, 0.25) is 5.91 Å². The van der Waals surface area contributed by atoms with Gasteiger partial charge >= 0.3 is 0 Å². The molecule has 8 heteroatoms. The average molecular weight is 527 g/mol. The number of ether oxygens (including phenoxy) is 1. The van der Waals surface area contributed by atoms with Gasteiger partial charge in [-0.05, 0) is 53.1 Å². The van der Waals surface area contributed by atoms with Crippen molar-refractivity contribution in [2.75, 3.05) is 38.2 Å². The molecular weight excluding hydrogens is 499 g/mol. The molecule has 1 heterocycles. The first-order valence-corrected chi connectivity index (χ1v) is 12.5. The minimum atomic E-state index is -0.0464. The van der Waals surface area contributed by atoms with E-state index in [0.29, 0.717) is 44.6 Å². The maximum Gasteiger partial charge on any atom is 0.227 e. The molecule has 0 aliphatic carbocycles. The Bertz CT molecular complexity index is 1200. The quantitative estimate of drug-likeness (QED) is 0.449. The number of hydrogen-bond acceptors (Lipinski definition) is 5. The SMILES string of the molecule is COc1ccc(CC(=O)Cc2ccc(N3CCN(C(=O)Cc4c(Cl)cc(O)cc4Cl)CC3)cc2)cc1. The normalized spacial score (nSPS) is 13.5. The smallest absolute Gasteiger partial charge is 0.227 e. The van der Waals surface area contributed by atoms with E-state index in [2.05, 4.69) is 4.90 Å². The number of anilines is 1. The van der Waals surface area contributed by atoms with E-state index in [9.17, 15) is 14.7 Å². The van der Waals surface area contributed by atoms with Crippen LogP contribution < -0.4 is 9.64 Å².